The number of hydrogen-bond donors (Lipinski definition) is 0. The molecule has 0 heterocycles. The maximum Gasteiger partial charge on any atom is 0.416 e. The molecule has 6 aromatic carbocycles. The van der Waals surface area contributed by atoms with Gasteiger partial charge in [-0.25, -0.2) is 0 Å². The number of fused-ring (bicyclic) bond motifs is 2. The average molecular weight is 643 g/mol. The van der Waals surface area contributed by atoms with Crippen LogP contribution in [0.2, 0.25) is 5.02 Å². The average Bonchev–Trinajstić information content (AvgIpc) is 3.47. The van der Waals surface area contributed by atoms with Gasteiger partial charge in [0.25, 0.3) is 0 Å². The van der Waals surface area contributed by atoms with Crippen molar-refractivity contribution in [1.29, 1.82) is 0 Å². The van der Waals surface area contributed by atoms with Crippen molar-refractivity contribution in [2.24, 2.45) is 0 Å². The van der Waals surface area contributed by atoms with E-state index >= 15 is 0 Å². The van der Waals surface area contributed by atoms with Gasteiger partial charge in [-0.2, -0.15) is 26.3 Å². The molecule has 7 heteroatoms. The predicted octanol–water partition coefficient (Wildman–Crippen LogP) is 12.6. The second-order valence-electron chi connectivity index (χ2n) is 11.6. The van der Waals surface area contributed by atoms with E-state index in [9.17, 15) is 26.3 Å². The van der Waals surface area contributed by atoms with Crippen LogP contribution in [0.15, 0.2) is 121 Å². The summed E-state index contributed by atoms with van der Waals surface area (Å²) in [6, 6.07) is 33.4. The first-order valence-electron chi connectivity index (χ1n) is 14.8. The van der Waals surface area contributed by atoms with Crippen LogP contribution in [0.25, 0.3) is 44.2 Å². The Morgan fingerprint density at radius 3 is 1.96 bits per heavy atom. The molecule has 230 valence electrons. The van der Waals surface area contributed by atoms with Gasteiger partial charge in [-0.3, -0.25) is 0 Å². The zero-order valence-corrected chi connectivity index (χ0v) is 24.9. The molecule has 7 rings (SSSR count). The number of hydrogen-bond acceptors (Lipinski definition) is 0. The lowest BCUT2D eigenvalue weighted by atomic mass is 9.81. The van der Waals surface area contributed by atoms with E-state index in [-0.39, 0.29) is 10.9 Å². The van der Waals surface area contributed by atoms with Crippen molar-refractivity contribution in [3.63, 3.8) is 0 Å². The highest BCUT2D eigenvalue weighted by Gasteiger charge is 2.34. The highest BCUT2D eigenvalue weighted by molar-refractivity contribution is 6.35. The van der Waals surface area contributed by atoms with Crippen LogP contribution in [-0.2, 0) is 18.8 Å². The first kappa shape index (κ1) is 30.1. The molecular weight excluding hydrogens is 618 g/mol. The zero-order valence-electron chi connectivity index (χ0n) is 24.2. The second kappa shape index (κ2) is 11.4. The van der Waals surface area contributed by atoms with Gasteiger partial charge in [0.2, 0.25) is 0 Å². The lowest BCUT2D eigenvalue weighted by molar-refractivity contribution is -0.138. The maximum atomic E-state index is 14.0. The largest absolute Gasteiger partial charge is 0.416 e. The van der Waals surface area contributed by atoms with E-state index in [2.05, 4.69) is 0 Å². The van der Waals surface area contributed by atoms with E-state index < -0.39 is 23.5 Å². The lowest BCUT2D eigenvalue weighted by Crippen LogP contribution is -2.06. The van der Waals surface area contributed by atoms with Crippen molar-refractivity contribution in [3.05, 3.63) is 154 Å². The Morgan fingerprint density at radius 2 is 1.22 bits per heavy atom. The quantitative estimate of drug-likeness (QED) is 0.168. The van der Waals surface area contributed by atoms with E-state index in [0.29, 0.717) is 39.8 Å². The molecule has 0 radical (unpaired) electrons. The Hall–Kier alpha value is -4.55. The molecule has 0 nitrogen and oxygen atoms in total. The first-order chi connectivity index (χ1) is 22.0. The molecule has 0 spiro atoms. The van der Waals surface area contributed by atoms with Gasteiger partial charge in [-0.1, -0.05) is 96.5 Å². The van der Waals surface area contributed by atoms with Crippen molar-refractivity contribution in [2.75, 3.05) is 0 Å². The van der Waals surface area contributed by atoms with E-state index in [1.807, 2.05) is 72.8 Å². The lowest BCUT2D eigenvalue weighted by Gasteiger charge is -2.25. The van der Waals surface area contributed by atoms with Crippen molar-refractivity contribution >= 4 is 22.4 Å². The molecule has 0 amide bonds. The molecule has 0 N–H and O–H groups in total. The molecule has 0 fully saturated rings. The van der Waals surface area contributed by atoms with Crippen LogP contribution < -0.4 is 0 Å². The standard InChI is InChI=1S/C39H25ClF6/c40-37-35(28-9-5-10-30(21-28)39(44,45)46)34(27-13-12-23-6-1-2-8-26(23)20-27)22-33(25-14-17-29(18-15-25)38(41,42)43)36(37)32-19-16-24-7-3-4-11-31(24)32/h1-15,17-18,20-22,32H,16,19H2. The summed E-state index contributed by atoms with van der Waals surface area (Å²) >= 11 is 7.43. The molecule has 0 saturated carbocycles. The van der Waals surface area contributed by atoms with Crippen molar-refractivity contribution < 1.29 is 26.3 Å². The zero-order chi connectivity index (χ0) is 32.2. The van der Waals surface area contributed by atoms with Gasteiger partial charge in [-0.05, 0) is 105 Å². The molecule has 1 aliphatic carbocycles. The SMILES string of the molecule is FC(F)(F)c1ccc(-c2cc(-c3ccc4ccccc4c3)c(-c3cccc(C(F)(F)F)c3)c(Cl)c2C2CCc3ccccc32)cc1. The Balaban J connectivity index is 1.56. The highest BCUT2D eigenvalue weighted by atomic mass is 35.5. The van der Waals surface area contributed by atoms with Gasteiger partial charge < -0.3 is 0 Å². The van der Waals surface area contributed by atoms with Gasteiger partial charge in [0.1, 0.15) is 0 Å². The molecule has 0 aromatic heterocycles. The van der Waals surface area contributed by atoms with Crippen LogP contribution >= 0.6 is 11.6 Å². The Kier molecular flexibility index (Phi) is 7.44. The Labute approximate surface area is 266 Å². The molecule has 6 aromatic rings. The first-order valence-corrected chi connectivity index (χ1v) is 15.2. The molecule has 1 atom stereocenters. The summed E-state index contributed by atoms with van der Waals surface area (Å²) < 4.78 is 82.5. The van der Waals surface area contributed by atoms with Gasteiger partial charge in [0, 0.05) is 11.5 Å². The Bertz CT molecular complexity index is 2090. The number of alkyl halides is 6. The van der Waals surface area contributed by atoms with Gasteiger partial charge in [0.15, 0.2) is 0 Å². The van der Waals surface area contributed by atoms with E-state index in [1.165, 1.54) is 18.2 Å². The summed E-state index contributed by atoms with van der Waals surface area (Å²) in [6.07, 6.45) is -7.61. The number of rotatable bonds is 4. The number of aryl methyl sites for hydroxylation is 1. The minimum atomic E-state index is -4.57. The predicted molar refractivity (Wildman–Crippen MR) is 172 cm³/mol. The third kappa shape index (κ3) is 5.45. The minimum absolute atomic E-state index is 0.212. The molecule has 1 aliphatic rings. The van der Waals surface area contributed by atoms with Crippen LogP contribution in [0.5, 0.6) is 0 Å². The van der Waals surface area contributed by atoms with Gasteiger partial charge in [-0.15, -0.1) is 0 Å². The van der Waals surface area contributed by atoms with E-state index in [0.717, 1.165) is 58.1 Å². The Morgan fingerprint density at radius 1 is 0.543 bits per heavy atom. The van der Waals surface area contributed by atoms with E-state index in [4.69, 9.17) is 11.6 Å². The fourth-order valence-corrected chi connectivity index (χ4v) is 7.10. The number of halogens is 7. The van der Waals surface area contributed by atoms with Crippen LogP contribution in [0, 0.1) is 0 Å². The van der Waals surface area contributed by atoms with Gasteiger partial charge >= 0.3 is 12.4 Å². The topological polar surface area (TPSA) is 0 Å². The van der Waals surface area contributed by atoms with Crippen LogP contribution in [0.4, 0.5) is 26.3 Å². The summed E-state index contributed by atoms with van der Waals surface area (Å²) in [5, 5.41) is 2.19. The molecule has 46 heavy (non-hydrogen) atoms. The summed E-state index contributed by atoms with van der Waals surface area (Å²) in [7, 11) is 0. The second-order valence-corrected chi connectivity index (χ2v) is 12.0. The summed E-state index contributed by atoms with van der Waals surface area (Å²) in [5.74, 6) is -0.212. The third-order valence-electron chi connectivity index (χ3n) is 8.85. The fraction of sp³-hybridized carbons (Fsp3) is 0.128. The van der Waals surface area contributed by atoms with Crippen molar-refractivity contribution in [1.82, 2.24) is 0 Å². The summed E-state index contributed by atoms with van der Waals surface area (Å²) in [5.41, 5.74) is 4.52. The van der Waals surface area contributed by atoms with Crippen LogP contribution in [0.3, 0.4) is 0 Å². The molecular formula is C39H25ClF6. The molecule has 0 aliphatic heterocycles. The summed E-state index contributed by atoms with van der Waals surface area (Å²) in [6.45, 7) is 0. The third-order valence-corrected chi connectivity index (χ3v) is 9.24. The van der Waals surface area contributed by atoms with Crippen molar-refractivity contribution in [3.8, 4) is 33.4 Å². The fourth-order valence-electron chi connectivity index (χ4n) is 6.66. The monoisotopic (exact) mass is 642 g/mol. The van der Waals surface area contributed by atoms with Crippen molar-refractivity contribution in [2.45, 2.75) is 31.1 Å². The molecule has 1 unspecified atom stereocenters. The molecule has 0 bridgehead atoms. The van der Waals surface area contributed by atoms with Gasteiger partial charge in [0.05, 0.1) is 16.1 Å². The normalized spacial score (nSPS) is 14.9. The summed E-state index contributed by atoms with van der Waals surface area (Å²) in [4.78, 5) is 0. The minimum Gasteiger partial charge on any atom is -0.166 e. The van der Waals surface area contributed by atoms with Crippen LogP contribution in [0.1, 0.15) is 40.2 Å². The number of benzene rings is 6. The smallest absolute Gasteiger partial charge is 0.166 e. The highest BCUT2D eigenvalue weighted by Crippen LogP contribution is 2.52. The maximum absolute atomic E-state index is 14.0. The van der Waals surface area contributed by atoms with E-state index in [1.54, 1.807) is 6.07 Å². The molecule has 0 saturated heterocycles. The van der Waals surface area contributed by atoms with Crippen LogP contribution in [-0.4, -0.2) is 0 Å².